The van der Waals surface area contributed by atoms with E-state index in [0.29, 0.717) is 16.8 Å². The molecule has 18 heavy (non-hydrogen) atoms. The Bertz CT molecular complexity index is 382. The SMILES string of the molecule is CNc1ncnc(NCC2CCCCS2)c1OC. The lowest BCUT2D eigenvalue weighted by molar-refractivity contribution is 0.415. The summed E-state index contributed by atoms with van der Waals surface area (Å²) in [5.41, 5.74) is 0. The standard InChI is InChI=1S/C12H20N4OS/c1-13-11-10(17-2)12(16-8-15-11)14-7-9-5-3-4-6-18-9/h8-9H,3-7H2,1-2H3,(H2,13,14,15,16). The lowest BCUT2D eigenvalue weighted by atomic mass is 10.2. The fourth-order valence-corrected chi connectivity index (χ4v) is 3.29. The third-order valence-corrected chi connectivity index (χ3v) is 4.41. The number of anilines is 2. The van der Waals surface area contributed by atoms with Gasteiger partial charge >= 0.3 is 0 Å². The van der Waals surface area contributed by atoms with E-state index in [1.165, 1.54) is 25.0 Å². The maximum absolute atomic E-state index is 5.35. The summed E-state index contributed by atoms with van der Waals surface area (Å²) >= 11 is 2.04. The number of hydrogen-bond acceptors (Lipinski definition) is 6. The summed E-state index contributed by atoms with van der Waals surface area (Å²) in [6.45, 7) is 0.932. The van der Waals surface area contributed by atoms with Crippen molar-refractivity contribution in [3.05, 3.63) is 6.33 Å². The van der Waals surface area contributed by atoms with E-state index >= 15 is 0 Å². The molecule has 1 atom stereocenters. The van der Waals surface area contributed by atoms with Crippen molar-refractivity contribution in [1.29, 1.82) is 0 Å². The molecule has 0 radical (unpaired) electrons. The van der Waals surface area contributed by atoms with Crippen LogP contribution in [0.4, 0.5) is 11.6 Å². The van der Waals surface area contributed by atoms with E-state index < -0.39 is 0 Å². The first-order valence-electron chi connectivity index (χ1n) is 6.27. The molecule has 0 amide bonds. The molecule has 2 N–H and O–H groups in total. The molecular weight excluding hydrogens is 248 g/mol. The van der Waals surface area contributed by atoms with E-state index in [1.807, 2.05) is 18.8 Å². The van der Waals surface area contributed by atoms with Crippen LogP contribution in [0.5, 0.6) is 5.75 Å². The third-order valence-electron chi connectivity index (χ3n) is 3.02. The van der Waals surface area contributed by atoms with Crippen LogP contribution in [0.25, 0.3) is 0 Å². The van der Waals surface area contributed by atoms with Crippen LogP contribution in [-0.4, -0.2) is 41.7 Å². The summed E-state index contributed by atoms with van der Waals surface area (Å²) in [7, 11) is 3.46. The zero-order chi connectivity index (χ0) is 12.8. The Morgan fingerprint density at radius 1 is 1.39 bits per heavy atom. The van der Waals surface area contributed by atoms with Crippen LogP contribution in [0, 0.1) is 0 Å². The minimum absolute atomic E-state index is 0.677. The van der Waals surface area contributed by atoms with E-state index in [1.54, 1.807) is 13.4 Å². The van der Waals surface area contributed by atoms with Crippen LogP contribution in [0.2, 0.25) is 0 Å². The number of ether oxygens (including phenoxy) is 1. The maximum Gasteiger partial charge on any atom is 0.204 e. The Kier molecular flexibility index (Phi) is 4.92. The van der Waals surface area contributed by atoms with Gasteiger partial charge in [0, 0.05) is 18.8 Å². The molecule has 100 valence electrons. The fourth-order valence-electron chi connectivity index (χ4n) is 2.05. The van der Waals surface area contributed by atoms with Crippen molar-refractivity contribution in [3.8, 4) is 5.75 Å². The molecule has 5 nitrogen and oxygen atoms in total. The van der Waals surface area contributed by atoms with Gasteiger partial charge < -0.3 is 15.4 Å². The zero-order valence-electron chi connectivity index (χ0n) is 10.9. The third kappa shape index (κ3) is 3.19. The maximum atomic E-state index is 5.35. The lowest BCUT2D eigenvalue weighted by Gasteiger charge is -2.22. The number of hydrogen-bond donors (Lipinski definition) is 2. The fraction of sp³-hybridized carbons (Fsp3) is 0.667. The zero-order valence-corrected chi connectivity index (χ0v) is 11.7. The van der Waals surface area contributed by atoms with Gasteiger partial charge in [-0.2, -0.15) is 11.8 Å². The molecule has 1 aromatic heterocycles. The summed E-state index contributed by atoms with van der Waals surface area (Å²) < 4.78 is 5.35. The lowest BCUT2D eigenvalue weighted by Crippen LogP contribution is -2.21. The molecule has 1 saturated heterocycles. The van der Waals surface area contributed by atoms with Crippen LogP contribution in [0.3, 0.4) is 0 Å². The van der Waals surface area contributed by atoms with E-state index in [-0.39, 0.29) is 0 Å². The Balaban J connectivity index is 1.99. The van der Waals surface area contributed by atoms with Crippen molar-refractivity contribution in [1.82, 2.24) is 9.97 Å². The average molecular weight is 268 g/mol. The molecule has 1 aromatic rings. The molecule has 2 rings (SSSR count). The normalized spacial score (nSPS) is 19.3. The molecule has 0 bridgehead atoms. The molecule has 1 fully saturated rings. The van der Waals surface area contributed by atoms with Crippen molar-refractivity contribution in [3.63, 3.8) is 0 Å². The average Bonchev–Trinajstić information content (AvgIpc) is 2.45. The quantitative estimate of drug-likeness (QED) is 0.854. The van der Waals surface area contributed by atoms with Crippen molar-refractivity contribution in [2.75, 3.05) is 37.1 Å². The molecule has 1 unspecified atom stereocenters. The van der Waals surface area contributed by atoms with Crippen molar-refractivity contribution >= 4 is 23.4 Å². The first-order valence-corrected chi connectivity index (χ1v) is 7.32. The summed E-state index contributed by atoms with van der Waals surface area (Å²) in [5.74, 6) is 3.43. The largest absolute Gasteiger partial charge is 0.490 e. The molecule has 0 saturated carbocycles. The first kappa shape index (κ1) is 13.3. The highest BCUT2D eigenvalue weighted by atomic mass is 32.2. The number of nitrogens with one attached hydrogen (secondary N) is 2. The highest BCUT2D eigenvalue weighted by Gasteiger charge is 2.16. The molecule has 1 aliphatic rings. The Labute approximate surface area is 112 Å². The number of methoxy groups -OCH3 is 1. The highest BCUT2D eigenvalue weighted by molar-refractivity contribution is 7.99. The summed E-state index contributed by atoms with van der Waals surface area (Å²) in [5, 5.41) is 7.05. The minimum Gasteiger partial charge on any atom is -0.490 e. The Morgan fingerprint density at radius 2 is 2.22 bits per heavy atom. The molecule has 2 heterocycles. The van der Waals surface area contributed by atoms with E-state index in [2.05, 4.69) is 20.6 Å². The summed E-state index contributed by atoms with van der Waals surface area (Å²) in [6, 6.07) is 0. The van der Waals surface area contributed by atoms with Crippen molar-refractivity contribution in [2.45, 2.75) is 24.5 Å². The smallest absolute Gasteiger partial charge is 0.204 e. The molecule has 0 spiro atoms. The molecule has 1 aliphatic heterocycles. The minimum atomic E-state index is 0.677. The Hall–Kier alpha value is -1.17. The molecule has 0 aliphatic carbocycles. The van der Waals surface area contributed by atoms with Gasteiger partial charge in [-0.1, -0.05) is 6.42 Å². The van der Waals surface area contributed by atoms with Gasteiger partial charge in [0.05, 0.1) is 7.11 Å². The number of thioether (sulfide) groups is 1. The topological polar surface area (TPSA) is 59.1 Å². The van der Waals surface area contributed by atoms with Gasteiger partial charge in [0.2, 0.25) is 5.75 Å². The van der Waals surface area contributed by atoms with Gasteiger partial charge in [-0.05, 0) is 18.6 Å². The van der Waals surface area contributed by atoms with Gasteiger partial charge in [0.25, 0.3) is 0 Å². The molecule has 6 heteroatoms. The second-order valence-corrected chi connectivity index (χ2v) is 5.63. The predicted octanol–water partition coefficient (Wildman–Crippen LogP) is 2.22. The van der Waals surface area contributed by atoms with Gasteiger partial charge in [-0.15, -0.1) is 0 Å². The van der Waals surface area contributed by atoms with Crippen molar-refractivity contribution < 1.29 is 4.74 Å². The predicted molar refractivity (Wildman–Crippen MR) is 76.7 cm³/mol. The molecular formula is C12H20N4OS. The first-order chi connectivity index (χ1) is 8.85. The van der Waals surface area contributed by atoms with Gasteiger partial charge in [0.15, 0.2) is 11.6 Å². The second-order valence-electron chi connectivity index (χ2n) is 4.22. The number of aromatic nitrogens is 2. The van der Waals surface area contributed by atoms with Gasteiger partial charge in [-0.3, -0.25) is 0 Å². The van der Waals surface area contributed by atoms with Crippen molar-refractivity contribution in [2.24, 2.45) is 0 Å². The van der Waals surface area contributed by atoms with Crippen LogP contribution in [0.15, 0.2) is 6.33 Å². The molecule has 0 aromatic carbocycles. The highest BCUT2D eigenvalue weighted by Crippen LogP contribution is 2.30. The summed E-state index contributed by atoms with van der Waals surface area (Å²) in [4.78, 5) is 8.38. The van der Waals surface area contributed by atoms with Crippen LogP contribution < -0.4 is 15.4 Å². The second kappa shape index (κ2) is 6.68. The van der Waals surface area contributed by atoms with E-state index in [9.17, 15) is 0 Å². The van der Waals surface area contributed by atoms with Crippen LogP contribution in [-0.2, 0) is 0 Å². The van der Waals surface area contributed by atoms with Crippen LogP contribution >= 0.6 is 11.8 Å². The Morgan fingerprint density at radius 3 is 2.89 bits per heavy atom. The van der Waals surface area contributed by atoms with Gasteiger partial charge in [-0.25, -0.2) is 9.97 Å². The number of nitrogens with zero attached hydrogens (tertiary/aromatic N) is 2. The van der Waals surface area contributed by atoms with Gasteiger partial charge in [0.1, 0.15) is 6.33 Å². The number of rotatable bonds is 5. The summed E-state index contributed by atoms with van der Waals surface area (Å²) in [6.07, 6.45) is 5.51. The van der Waals surface area contributed by atoms with E-state index in [4.69, 9.17) is 4.74 Å². The monoisotopic (exact) mass is 268 g/mol. The van der Waals surface area contributed by atoms with Crippen LogP contribution in [0.1, 0.15) is 19.3 Å². The van der Waals surface area contributed by atoms with E-state index in [0.717, 1.165) is 12.4 Å².